The van der Waals surface area contributed by atoms with E-state index >= 15 is 0 Å². The molecule has 0 heterocycles. The van der Waals surface area contributed by atoms with E-state index in [9.17, 15) is 48.6 Å². The number of unbranched alkanes of at least 4 members (excludes halogenated alkanes) is 5. The Bertz CT molecular complexity index is 1000. The van der Waals surface area contributed by atoms with Gasteiger partial charge in [0.25, 0.3) is 0 Å². The van der Waals surface area contributed by atoms with Gasteiger partial charge in [-0.25, -0.2) is 14.4 Å². The lowest BCUT2D eigenvalue weighted by Crippen LogP contribution is -2.51. The third-order valence-electron chi connectivity index (χ3n) is 6.88. The predicted octanol–water partition coefficient (Wildman–Crippen LogP) is 1.65. The summed E-state index contributed by atoms with van der Waals surface area (Å²) < 4.78 is 0. The highest BCUT2D eigenvalue weighted by atomic mass is 16.4. The Morgan fingerprint density at radius 2 is 1.09 bits per heavy atom. The summed E-state index contributed by atoms with van der Waals surface area (Å²) in [6.45, 7) is 2.17. The van der Waals surface area contributed by atoms with Crippen LogP contribution in [0.25, 0.3) is 0 Å². The molecule has 0 aromatic carbocycles. The Morgan fingerprint density at radius 3 is 1.62 bits per heavy atom. The highest BCUT2D eigenvalue weighted by molar-refractivity contribution is 5.86. The lowest BCUT2D eigenvalue weighted by atomic mass is 9.94. The Hall–Kier alpha value is -4.24. The summed E-state index contributed by atoms with van der Waals surface area (Å²) in [7, 11) is 0. The molecule has 0 aliphatic rings. The molecule has 1 unspecified atom stereocenters. The number of carboxylic acids is 4. The van der Waals surface area contributed by atoms with Gasteiger partial charge in [-0.1, -0.05) is 19.3 Å². The van der Waals surface area contributed by atoms with E-state index < -0.39 is 54.3 Å². The minimum Gasteiger partial charge on any atom is -0.481 e. The van der Waals surface area contributed by atoms with Crippen molar-refractivity contribution >= 4 is 47.5 Å². The molecule has 0 saturated carbocycles. The summed E-state index contributed by atoms with van der Waals surface area (Å²) >= 11 is 0. The Morgan fingerprint density at radius 1 is 0.556 bits per heavy atom. The predicted molar refractivity (Wildman–Crippen MR) is 159 cm³/mol. The van der Waals surface area contributed by atoms with Crippen molar-refractivity contribution in [3.8, 4) is 0 Å². The van der Waals surface area contributed by atoms with E-state index in [-0.39, 0.29) is 49.7 Å². The van der Waals surface area contributed by atoms with Gasteiger partial charge in [0.05, 0.1) is 5.92 Å². The normalized spacial score (nSPS) is 12.6. The molecule has 8 N–H and O–H groups in total. The molecule has 0 aliphatic carbocycles. The molecule has 0 saturated heterocycles. The molecule has 0 radical (unpaired) electrons. The SMILES string of the molecule is CC(=O)NCCCCC(CC(=O)CCCCCCC(=O)NCCCC[C@H](NC(=O)N[C@@H](CCC(=O)O)C(=O)O)C(=O)O)C(=O)O. The van der Waals surface area contributed by atoms with Gasteiger partial charge >= 0.3 is 29.9 Å². The van der Waals surface area contributed by atoms with E-state index in [0.717, 1.165) is 12.8 Å². The van der Waals surface area contributed by atoms with Crippen LogP contribution in [0.2, 0.25) is 0 Å². The van der Waals surface area contributed by atoms with E-state index in [1.54, 1.807) is 0 Å². The fourth-order valence-corrected chi connectivity index (χ4v) is 4.36. The molecule has 0 rings (SSSR count). The molecule has 0 aromatic rings. The van der Waals surface area contributed by atoms with Crippen LogP contribution in [0, 0.1) is 5.92 Å². The number of ketones is 1. The number of nitrogens with one attached hydrogen (secondary N) is 4. The van der Waals surface area contributed by atoms with Crippen LogP contribution in [-0.2, 0) is 33.6 Å². The van der Waals surface area contributed by atoms with Crippen molar-refractivity contribution in [1.82, 2.24) is 21.3 Å². The van der Waals surface area contributed by atoms with Crippen LogP contribution in [0.15, 0.2) is 0 Å². The molecule has 0 spiro atoms. The van der Waals surface area contributed by atoms with Crippen LogP contribution >= 0.6 is 0 Å². The van der Waals surface area contributed by atoms with Crippen molar-refractivity contribution in [2.45, 2.75) is 115 Å². The highest BCUT2D eigenvalue weighted by Gasteiger charge is 2.25. The summed E-state index contributed by atoms with van der Waals surface area (Å²) in [6, 6.07) is -3.85. The van der Waals surface area contributed by atoms with Crippen molar-refractivity contribution in [2.24, 2.45) is 5.92 Å². The monoisotopic (exact) mass is 644 g/mol. The van der Waals surface area contributed by atoms with E-state index in [1.807, 2.05) is 0 Å². The molecule has 0 bridgehead atoms. The number of rotatable bonds is 27. The van der Waals surface area contributed by atoms with Gasteiger partial charge in [0.2, 0.25) is 11.8 Å². The Labute approximate surface area is 262 Å². The Kier molecular flexibility index (Phi) is 21.9. The molecule has 0 aliphatic heterocycles. The minimum atomic E-state index is -1.49. The summed E-state index contributed by atoms with van der Waals surface area (Å²) in [5, 5.41) is 46.1. The number of urea groups is 1. The Balaban J connectivity index is 4.10. The first-order valence-electron chi connectivity index (χ1n) is 15.2. The van der Waals surface area contributed by atoms with E-state index in [2.05, 4.69) is 21.3 Å². The zero-order valence-corrected chi connectivity index (χ0v) is 25.8. The van der Waals surface area contributed by atoms with Crippen LogP contribution < -0.4 is 21.3 Å². The molecule has 0 aromatic heterocycles. The second-order valence-electron chi connectivity index (χ2n) is 10.8. The summed E-state index contributed by atoms with van der Waals surface area (Å²) in [4.78, 5) is 91.9. The molecule has 0 fully saturated rings. The maximum absolute atomic E-state index is 12.2. The number of hydrogen-bond donors (Lipinski definition) is 8. The van der Waals surface area contributed by atoms with Crippen LogP contribution in [0.4, 0.5) is 4.79 Å². The zero-order chi connectivity index (χ0) is 34.2. The summed E-state index contributed by atoms with van der Waals surface area (Å²) in [5.41, 5.74) is 0. The van der Waals surface area contributed by atoms with Crippen molar-refractivity contribution in [2.75, 3.05) is 13.1 Å². The first kappa shape index (κ1) is 40.8. The fraction of sp³-hybridized carbons (Fsp3) is 0.724. The van der Waals surface area contributed by atoms with Crippen LogP contribution in [-0.4, -0.2) is 93.1 Å². The van der Waals surface area contributed by atoms with Gasteiger partial charge in [0.1, 0.15) is 17.9 Å². The number of carboxylic acid groups (broad SMARTS) is 4. The number of hydrogen-bond acceptors (Lipinski definition) is 8. The van der Waals surface area contributed by atoms with Gasteiger partial charge in [0, 0.05) is 45.7 Å². The molecule has 45 heavy (non-hydrogen) atoms. The molecule has 16 nitrogen and oxygen atoms in total. The minimum absolute atomic E-state index is 0.0197. The first-order valence-corrected chi connectivity index (χ1v) is 15.2. The number of aliphatic carboxylic acids is 4. The van der Waals surface area contributed by atoms with E-state index in [0.29, 0.717) is 58.0 Å². The van der Waals surface area contributed by atoms with Gasteiger partial charge in [-0.3, -0.25) is 24.0 Å². The second-order valence-corrected chi connectivity index (χ2v) is 10.8. The maximum Gasteiger partial charge on any atom is 0.326 e. The molecular formula is C29H48N4O12. The fourth-order valence-electron chi connectivity index (χ4n) is 4.36. The van der Waals surface area contributed by atoms with Crippen LogP contribution in [0.1, 0.15) is 103 Å². The third kappa shape index (κ3) is 22.9. The van der Waals surface area contributed by atoms with Gasteiger partial charge < -0.3 is 41.7 Å². The van der Waals surface area contributed by atoms with Crippen molar-refractivity contribution in [3.05, 3.63) is 0 Å². The topological polar surface area (TPSA) is 266 Å². The number of Topliss-reactive ketones (excluding diaryl/α,β-unsaturated/α-hetero) is 1. The number of carbonyl (C=O) groups excluding carboxylic acids is 4. The lowest BCUT2D eigenvalue weighted by Gasteiger charge is -2.18. The number of carbonyl (C=O) groups is 8. The smallest absolute Gasteiger partial charge is 0.326 e. The zero-order valence-electron chi connectivity index (χ0n) is 25.8. The first-order chi connectivity index (χ1) is 21.2. The largest absolute Gasteiger partial charge is 0.481 e. The summed E-state index contributed by atoms with van der Waals surface area (Å²) in [5.74, 6) is -6.19. The van der Waals surface area contributed by atoms with Crippen molar-refractivity contribution < 1.29 is 58.8 Å². The van der Waals surface area contributed by atoms with Gasteiger partial charge in [-0.15, -0.1) is 0 Å². The average molecular weight is 645 g/mol. The standard InChI is InChI=1S/C29H48N4O12/c1-19(34)30-16-8-6-10-20(26(39)40)18-21(35)11-4-2-3-5-13-24(36)31-17-9-7-12-22(27(41)42)32-29(45)33-23(28(43)44)14-15-25(37)38/h20,22-23H,2-18H2,1H3,(H,30,34)(H,31,36)(H,37,38)(H,39,40)(H,41,42)(H,43,44)(H2,32,33,45)/t20?,22-,23-/m0/s1. The quantitative estimate of drug-likeness (QED) is 0.0593. The van der Waals surface area contributed by atoms with Crippen LogP contribution in [0.3, 0.4) is 0 Å². The van der Waals surface area contributed by atoms with E-state index in [1.165, 1.54) is 6.92 Å². The summed E-state index contributed by atoms with van der Waals surface area (Å²) in [6.07, 6.45) is 4.74. The maximum atomic E-state index is 12.2. The third-order valence-corrected chi connectivity index (χ3v) is 6.88. The molecule has 256 valence electrons. The van der Waals surface area contributed by atoms with Gasteiger partial charge in [-0.05, 0) is 51.4 Å². The van der Waals surface area contributed by atoms with E-state index in [4.69, 9.17) is 10.2 Å². The second kappa shape index (κ2) is 24.1. The highest BCUT2D eigenvalue weighted by Crippen LogP contribution is 2.16. The van der Waals surface area contributed by atoms with Gasteiger partial charge in [0.15, 0.2) is 0 Å². The van der Waals surface area contributed by atoms with Crippen LogP contribution in [0.5, 0.6) is 0 Å². The lowest BCUT2D eigenvalue weighted by molar-refractivity contribution is -0.144. The molecule has 16 heteroatoms. The number of amides is 4. The van der Waals surface area contributed by atoms with Gasteiger partial charge in [-0.2, -0.15) is 0 Å². The van der Waals surface area contributed by atoms with Crippen molar-refractivity contribution in [1.29, 1.82) is 0 Å². The molecule has 3 atom stereocenters. The molecule has 4 amide bonds. The average Bonchev–Trinajstić information content (AvgIpc) is 2.94. The molecular weight excluding hydrogens is 596 g/mol. The van der Waals surface area contributed by atoms with Crippen molar-refractivity contribution in [3.63, 3.8) is 0 Å².